The van der Waals surface area contributed by atoms with Crippen molar-refractivity contribution in [1.29, 1.82) is 0 Å². The van der Waals surface area contributed by atoms with Crippen molar-refractivity contribution in [3.05, 3.63) is 12.3 Å². The molecule has 0 radical (unpaired) electrons. The van der Waals surface area contributed by atoms with Gasteiger partial charge in [0.2, 0.25) is 0 Å². The number of rotatable bonds is 0. The zero-order chi connectivity index (χ0) is 8.65. The summed E-state index contributed by atoms with van der Waals surface area (Å²) in [7, 11) is 2.07. The Kier molecular flexibility index (Phi) is 1.97. The summed E-state index contributed by atoms with van der Waals surface area (Å²) in [6, 6.07) is 0.234. The van der Waals surface area contributed by atoms with Crippen LogP contribution in [0.5, 0.6) is 0 Å². The van der Waals surface area contributed by atoms with Crippen molar-refractivity contribution in [1.82, 2.24) is 4.90 Å². The Morgan fingerprint density at radius 1 is 1.45 bits per heavy atom. The van der Waals surface area contributed by atoms with E-state index in [2.05, 4.69) is 45.0 Å². The fraction of sp³-hybridized carbons (Fsp3) is 0.778. The molecule has 64 valence electrons. The number of hydrogen-bond donors (Lipinski definition) is 1. The lowest BCUT2D eigenvalue weighted by atomic mass is 9.82. The summed E-state index contributed by atoms with van der Waals surface area (Å²) in [4.78, 5) is 2.18. The Bertz CT molecular complexity index is 172. The van der Waals surface area contributed by atoms with Crippen molar-refractivity contribution in [2.75, 3.05) is 7.05 Å². The highest BCUT2D eigenvalue weighted by Gasteiger charge is 2.34. The van der Waals surface area contributed by atoms with Crippen LogP contribution in [0.15, 0.2) is 12.3 Å². The average Bonchev–Trinajstić information content (AvgIpc) is 1.95. The molecular weight excluding hydrogens is 136 g/mol. The summed E-state index contributed by atoms with van der Waals surface area (Å²) in [5, 5.41) is 0. The fourth-order valence-electron chi connectivity index (χ4n) is 1.46. The lowest BCUT2D eigenvalue weighted by Gasteiger charge is -2.45. The van der Waals surface area contributed by atoms with E-state index in [1.807, 2.05) is 0 Å². The van der Waals surface area contributed by atoms with Gasteiger partial charge in [0.05, 0.1) is 0 Å². The minimum atomic E-state index is 0.0914. The second kappa shape index (κ2) is 2.52. The molecule has 1 aliphatic heterocycles. The number of likely N-dealkylation sites (N-methyl/N-ethyl adjacent to an activating group) is 1. The molecule has 2 atom stereocenters. The molecule has 0 amide bonds. The Morgan fingerprint density at radius 3 is 2.45 bits per heavy atom. The van der Waals surface area contributed by atoms with Gasteiger partial charge in [-0.1, -0.05) is 13.0 Å². The molecule has 0 aromatic heterocycles. The van der Waals surface area contributed by atoms with E-state index in [-0.39, 0.29) is 11.6 Å². The number of nitrogens with two attached hydrogens (primary N) is 1. The van der Waals surface area contributed by atoms with Crippen LogP contribution in [0.4, 0.5) is 0 Å². The van der Waals surface area contributed by atoms with Gasteiger partial charge in [0, 0.05) is 18.6 Å². The van der Waals surface area contributed by atoms with Crippen LogP contribution in [0.3, 0.4) is 0 Å². The van der Waals surface area contributed by atoms with Gasteiger partial charge in [-0.25, -0.2) is 0 Å². The van der Waals surface area contributed by atoms with Crippen LogP contribution in [0, 0.1) is 5.92 Å². The summed E-state index contributed by atoms with van der Waals surface area (Å²) < 4.78 is 0. The second-order valence-corrected chi connectivity index (χ2v) is 3.99. The smallest absolute Gasteiger partial charge is 0.0493 e. The first-order chi connectivity index (χ1) is 4.96. The Labute approximate surface area is 69.1 Å². The van der Waals surface area contributed by atoms with E-state index in [0.29, 0.717) is 5.92 Å². The molecule has 0 fully saturated rings. The maximum atomic E-state index is 6.05. The molecular formula is C9H18N2. The van der Waals surface area contributed by atoms with Gasteiger partial charge in [0.1, 0.15) is 0 Å². The molecule has 1 rings (SSSR count). The van der Waals surface area contributed by atoms with E-state index in [4.69, 9.17) is 5.73 Å². The topological polar surface area (TPSA) is 29.3 Å². The third-order valence-electron chi connectivity index (χ3n) is 2.90. The van der Waals surface area contributed by atoms with Crippen LogP contribution in [0.1, 0.15) is 20.8 Å². The first-order valence-electron chi connectivity index (χ1n) is 4.13. The van der Waals surface area contributed by atoms with Gasteiger partial charge in [-0.3, -0.25) is 0 Å². The highest BCUT2D eigenvalue weighted by Crippen LogP contribution is 2.26. The van der Waals surface area contributed by atoms with Crippen LogP contribution in [-0.4, -0.2) is 23.5 Å². The largest absolute Gasteiger partial charge is 0.374 e. The maximum Gasteiger partial charge on any atom is 0.0493 e. The maximum absolute atomic E-state index is 6.05. The first-order valence-corrected chi connectivity index (χ1v) is 4.13. The van der Waals surface area contributed by atoms with Gasteiger partial charge in [-0.05, 0) is 26.0 Å². The molecule has 0 saturated carbocycles. The lowest BCUT2D eigenvalue weighted by Crippen LogP contribution is -2.57. The predicted molar refractivity (Wildman–Crippen MR) is 48.1 cm³/mol. The molecule has 0 aromatic rings. The molecule has 1 heterocycles. The van der Waals surface area contributed by atoms with Crippen molar-refractivity contribution in [3.8, 4) is 0 Å². The Balaban J connectivity index is 2.88. The lowest BCUT2D eigenvalue weighted by molar-refractivity contribution is 0.145. The number of hydrogen-bond acceptors (Lipinski definition) is 2. The van der Waals surface area contributed by atoms with E-state index in [1.54, 1.807) is 0 Å². The molecule has 0 bridgehead atoms. The van der Waals surface area contributed by atoms with Gasteiger partial charge in [0.15, 0.2) is 0 Å². The third kappa shape index (κ3) is 1.27. The van der Waals surface area contributed by atoms with E-state index >= 15 is 0 Å². The van der Waals surface area contributed by atoms with Crippen molar-refractivity contribution < 1.29 is 0 Å². The molecule has 1 unspecified atom stereocenters. The minimum Gasteiger partial charge on any atom is -0.374 e. The standard InChI is InChI=1S/C9H18N2/c1-7-5-6-11(4)9(2,3)8(7)10/h5-8H,10H2,1-4H3/t7?,8-/m0/s1. The van der Waals surface area contributed by atoms with Gasteiger partial charge in [-0.15, -0.1) is 0 Å². The average molecular weight is 154 g/mol. The van der Waals surface area contributed by atoms with Crippen LogP contribution >= 0.6 is 0 Å². The Morgan fingerprint density at radius 2 is 2.00 bits per heavy atom. The van der Waals surface area contributed by atoms with E-state index in [1.165, 1.54) is 0 Å². The first kappa shape index (κ1) is 8.60. The van der Waals surface area contributed by atoms with Gasteiger partial charge < -0.3 is 10.6 Å². The van der Waals surface area contributed by atoms with Crippen LogP contribution in [-0.2, 0) is 0 Å². The summed E-state index contributed by atoms with van der Waals surface area (Å²) in [5.41, 5.74) is 6.14. The summed E-state index contributed by atoms with van der Waals surface area (Å²) >= 11 is 0. The monoisotopic (exact) mass is 154 g/mol. The summed E-state index contributed by atoms with van der Waals surface area (Å²) in [6.45, 7) is 6.52. The zero-order valence-electron chi connectivity index (χ0n) is 7.83. The highest BCUT2D eigenvalue weighted by molar-refractivity contribution is 5.07. The molecule has 0 aliphatic carbocycles. The van der Waals surface area contributed by atoms with Crippen molar-refractivity contribution in [2.45, 2.75) is 32.4 Å². The van der Waals surface area contributed by atoms with Crippen molar-refractivity contribution in [3.63, 3.8) is 0 Å². The summed E-state index contributed by atoms with van der Waals surface area (Å²) in [5.74, 6) is 0.487. The normalized spacial score (nSPS) is 35.9. The molecule has 0 spiro atoms. The predicted octanol–water partition coefficient (Wildman–Crippen LogP) is 1.19. The summed E-state index contributed by atoms with van der Waals surface area (Å²) in [6.07, 6.45) is 4.28. The fourth-order valence-corrected chi connectivity index (χ4v) is 1.46. The molecule has 0 aromatic carbocycles. The molecule has 11 heavy (non-hydrogen) atoms. The van der Waals surface area contributed by atoms with Gasteiger partial charge in [-0.2, -0.15) is 0 Å². The zero-order valence-corrected chi connectivity index (χ0v) is 7.83. The number of nitrogens with zero attached hydrogens (tertiary/aromatic N) is 1. The molecule has 0 saturated heterocycles. The van der Waals surface area contributed by atoms with Crippen molar-refractivity contribution >= 4 is 0 Å². The molecule has 2 N–H and O–H groups in total. The van der Waals surface area contributed by atoms with Crippen LogP contribution in [0.25, 0.3) is 0 Å². The minimum absolute atomic E-state index is 0.0914. The van der Waals surface area contributed by atoms with E-state index in [9.17, 15) is 0 Å². The van der Waals surface area contributed by atoms with Crippen LogP contribution in [0.2, 0.25) is 0 Å². The van der Waals surface area contributed by atoms with Crippen molar-refractivity contribution in [2.24, 2.45) is 11.7 Å². The van der Waals surface area contributed by atoms with Crippen LogP contribution < -0.4 is 5.73 Å². The quantitative estimate of drug-likeness (QED) is 0.568. The third-order valence-corrected chi connectivity index (χ3v) is 2.90. The van der Waals surface area contributed by atoms with E-state index in [0.717, 1.165) is 0 Å². The molecule has 2 heteroatoms. The molecule has 2 nitrogen and oxygen atoms in total. The van der Waals surface area contributed by atoms with E-state index < -0.39 is 0 Å². The van der Waals surface area contributed by atoms with Gasteiger partial charge >= 0.3 is 0 Å². The molecule has 1 aliphatic rings. The second-order valence-electron chi connectivity index (χ2n) is 3.99. The Hall–Kier alpha value is -0.500. The highest BCUT2D eigenvalue weighted by atomic mass is 15.2. The SMILES string of the molecule is CC1C=CN(C)C(C)(C)[C@H]1N. The van der Waals surface area contributed by atoms with Gasteiger partial charge in [0.25, 0.3) is 0 Å².